The zero-order chi connectivity index (χ0) is 22.7. The molecule has 2 heterocycles. The summed E-state index contributed by atoms with van der Waals surface area (Å²) in [7, 11) is 3.01. The molecule has 0 atom stereocenters. The summed E-state index contributed by atoms with van der Waals surface area (Å²) < 4.78 is 26.3. The molecule has 0 saturated carbocycles. The van der Waals surface area contributed by atoms with Gasteiger partial charge in [-0.05, 0) is 29.8 Å². The maximum absolute atomic E-state index is 13.4. The monoisotopic (exact) mass is 438 g/mol. The van der Waals surface area contributed by atoms with Crippen LogP contribution in [0, 0.1) is 5.82 Å². The van der Waals surface area contributed by atoms with E-state index >= 15 is 0 Å². The molecular formula is C21H19FN6O4. The summed E-state index contributed by atoms with van der Waals surface area (Å²) in [5, 5.41) is 10.5. The third kappa shape index (κ3) is 4.26. The number of nitrogens with zero attached hydrogens (tertiary/aromatic N) is 5. The Morgan fingerprint density at radius 2 is 1.94 bits per heavy atom. The first-order chi connectivity index (χ1) is 15.5. The van der Waals surface area contributed by atoms with Crippen LogP contribution in [0.4, 0.5) is 10.1 Å². The van der Waals surface area contributed by atoms with Gasteiger partial charge in [0, 0.05) is 11.8 Å². The summed E-state index contributed by atoms with van der Waals surface area (Å²) in [6.07, 6.45) is 1.25. The van der Waals surface area contributed by atoms with Crippen LogP contribution < -0.4 is 20.3 Å². The topological polar surface area (TPSA) is 113 Å². The molecule has 0 saturated heterocycles. The van der Waals surface area contributed by atoms with E-state index in [4.69, 9.17) is 9.47 Å². The molecule has 10 nitrogen and oxygen atoms in total. The van der Waals surface area contributed by atoms with Crippen molar-refractivity contribution in [3.8, 4) is 11.5 Å². The summed E-state index contributed by atoms with van der Waals surface area (Å²) in [6.45, 7) is -0.0720. The lowest BCUT2D eigenvalue weighted by molar-refractivity contribution is -0.116. The molecule has 4 rings (SSSR count). The number of carbonyl (C=O) groups excluding carboxylic acids is 1. The van der Waals surface area contributed by atoms with Gasteiger partial charge in [-0.15, -0.1) is 5.10 Å². The van der Waals surface area contributed by atoms with Gasteiger partial charge in [0.1, 0.15) is 18.7 Å². The number of hydrogen-bond acceptors (Lipinski definition) is 7. The first kappa shape index (κ1) is 21.0. The lowest BCUT2D eigenvalue weighted by atomic mass is 10.2. The largest absolute Gasteiger partial charge is 0.493 e. The number of methoxy groups -OCH3 is 2. The van der Waals surface area contributed by atoms with Gasteiger partial charge in [0.2, 0.25) is 5.91 Å². The van der Waals surface area contributed by atoms with Crippen molar-refractivity contribution in [1.82, 2.24) is 24.5 Å². The molecule has 0 spiro atoms. The molecule has 0 aliphatic rings. The van der Waals surface area contributed by atoms with Gasteiger partial charge in [0.05, 0.1) is 20.8 Å². The van der Waals surface area contributed by atoms with Crippen LogP contribution in [-0.2, 0) is 17.9 Å². The highest BCUT2D eigenvalue weighted by Gasteiger charge is 2.15. The standard InChI is InChI=1S/C21H19FN6O4/c1-31-16-7-6-15(9-17(16)32-2)24-18(29)11-27-12-23-20-19(21(27)30)25-26-28(20)10-13-4-3-5-14(22)8-13/h3-9,12H,10-11H2,1-2H3,(H,24,29). The van der Waals surface area contributed by atoms with Crippen LogP contribution in [0.1, 0.15) is 5.56 Å². The summed E-state index contributed by atoms with van der Waals surface area (Å²) in [4.78, 5) is 29.4. The highest BCUT2D eigenvalue weighted by Crippen LogP contribution is 2.29. The molecule has 0 aliphatic carbocycles. The number of ether oxygens (including phenoxy) is 2. The Morgan fingerprint density at radius 3 is 2.69 bits per heavy atom. The molecule has 1 N–H and O–H groups in total. The number of aromatic nitrogens is 5. The number of hydrogen-bond donors (Lipinski definition) is 1. The molecule has 2 aromatic carbocycles. The second-order valence-electron chi connectivity index (χ2n) is 6.84. The smallest absolute Gasteiger partial charge is 0.283 e. The van der Waals surface area contributed by atoms with Gasteiger partial charge in [-0.3, -0.25) is 14.2 Å². The number of fused-ring (bicyclic) bond motifs is 1. The lowest BCUT2D eigenvalue weighted by Crippen LogP contribution is -2.28. The van der Waals surface area contributed by atoms with Crippen molar-refractivity contribution >= 4 is 22.8 Å². The maximum atomic E-state index is 13.4. The molecule has 0 aliphatic heterocycles. The molecule has 11 heteroatoms. The molecule has 4 aromatic rings. The predicted molar refractivity (Wildman–Crippen MR) is 113 cm³/mol. The summed E-state index contributed by atoms with van der Waals surface area (Å²) >= 11 is 0. The van der Waals surface area contributed by atoms with Crippen molar-refractivity contribution in [2.45, 2.75) is 13.1 Å². The lowest BCUT2D eigenvalue weighted by Gasteiger charge is -2.11. The van der Waals surface area contributed by atoms with Crippen molar-refractivity contribution in [3.05, 3.63) is 70.5 Å². The van der Waals surface area contributed by atoms with E-state index in [-0.39, 0.29) is 30.1 Å². The van der Waals surface area contributed by atoms with E-state index in [2.05, 4.69) is 20.6 Å². The van der Waals surface area contributed by atoms with Crippen molar-refractivity contribution in [1.29, 1.82) is 0 Å². The number of nitrogens with one attached hydrogen (secondary N) is 1. The van der Waals surface area contributed by atoms with Crippen LogP contribution in [0.2, 0.25) is 0 Å². The van der Waals surface area contributed by atoms with E-state index in [0.717, 1.165) is 4.57 Å². The zero-order valence-electron chi connectivity index (χ0n) is 17.3. The number of benzene rings is 2. The van der Waals surface area contributed by atoms with Crippen LogP contribution in [-0.4, -0.2) is 44.7 Å². The highest BCUT2D eigenvalue weighted by atomic mass is 19.1. The van der Waals surface area contributed by atoms with Crippen LogP contribution >= 0.6 is 0 Å². The van der Waals surface area contributed by atoms with Gasteiger partial charge in [0.25, 0.3) is 5.56 Å². The fourth-order valence-corrected chi connectivity index (χ4v) is 3.18. The molecule has 0 fully saturated rings. The Hall–Kier alpha value is -4.28. The molecule has 0 bridgehead atoms. The summed E-state index contributed by atoms with van der Waals surface area (Å²) in [5.74, 6) is 0.175. The normalized spacial score (nSPS) is 10.8. The number of amides is 1. The molecule has 2 aromatic heterocycles. The maximum Gasteiger partial charge on any atom is 0.283 e. The fourth-order valence-electron chi connectivity index (χ4n) is 3.18. The molecule has 164 valence electrons. The van der Waals surface area contributed by atoms with Gasteiger partial charge >= 0.3 is 0 Å². The van der Waals surface area contributed by atoms with Crippen LogP contribution in [0.25, 0.3) is 11.2 Å². The first-order valence-electron chi connectivity index (χ1n) is 9.53. The van der Waals surface area contributed by atoms with Crippen LogP contribution in [0.5, 0.6) is 11.5 Å². The zero-order valence-corrected chi connectivity index (χ0v) is 17.3. The van der Waals surface area contributed by atoms with E-state index in [0.29, 0.717) is 22.7 Å². The Labute approximate surface area is 181 Å². The third-order valence-corrected chi connectivity index (χ3v) is 4.69. The van der Waals surface area contributed by atoms with E-state index in [9.17, 15) is 14.0 Å². The Morgan fingerprint density at radius 1 is 1.12 bits per heavy atom. The molecule has 1 amide bonds. The van der Waals surface area contributed by atoms with Gasteiger partial charge in [0.15, 0.2) is 22.7 Å². The minimum absolute atomic E-state index is 0.0165. The second-order valence-corrected chi connectivity index (χ2v) is 6.84. The highest BCUT2D eigenvalue weighted by molar-refractivity contribution is 5.91. The van der Waals surface area contributed by atoms with E-state index in [1.165, 1.54) is 37.4 Å². The van der Waals surface area contributed by atoms with Gasteiger partial charge in [-0.25, -0.2) is 14.1 Å². The molecule has 0 unspecified atom stereocenters. The number of anilines is 1. The average molecular weight is 438 g/mol. The van der Waals surface area contributed by atoms with E-state index < -0.39 is 11.5 Å². The molecule has 0 radical (unpaired) electrons. The first-order valence-corrected chi connectivity index (χ1v) is 9.53. The molecule has 32 heavy (non-hydrogen) atoms. The number of rotatable bonds is 7. The Kier molecular flexibility index (Phi) is 5.79. The molecular weight excluding hydrogens is 419 g/mol. The third-order valence-electron chi connectivity index (χ3n) is 4.69. The van der Waals surface area contributed by atoms with Gasteiger partial charge in [-0.1, -0.05) is 17.3 Å². The van der Waals surface area contributed by atoms with Crippen LogP contribution in [0.15, 0.2) is 53.6 Å². The van der Waals surface area contributed by atoms with Crippen molar-refractivity contribution in [2.24, 2.45) is 0 Å². The summed E-state index contributed by atoms with van der Waals surface area (Å²) in [6, 6.07) is 10.9. The van der Waals surface area contributed by atoms with Gasteiger partial charge < -0.3 is 14.8 Å². The number of halogens is 1. The minimum atomic E-state index is -0.511. The van der Waals surface area contributed by atoms with E-state index in [1.807, 2.05) is 0 Å². The Balaban J connectivity index is 1.52. The van der Waals surface area contributed by atoms with Crippen LogP contribution in [0.3, 0.4) is 0 Å². The predicted octanol–water partition coefficient (Wildman–Crippen LogP) is 1.83. The summed E-state index contributed by atoms with van der Waals surface area (Å²) in [5.41, 5.74) is 0.884. The average Bonchev–Trinajstić information content (AvgIpc) is 3.19. The van der Waals surface area contributed by atoms with Crippen molar-refractivity contribution in [2.75, 3.05) is 19.5 Å². The van der Waals surface area contributed by atoms with E-state index in [1.54, 1.807) is 30.3 Å². The SMILES string of the molecule is COc1ccc(NC(=O)Cn2cnc3c(nnn3Cc3cccc(F)c3)c2=O)cc1OC. The second kappa shape index (κ2) is 8.84. The minimum Gasteiger partial charge on any atom is -0.493 e. The van der Waals surface area contributed by atoms with Crippen molar-refractivity contribution < 1.29 is 18.7 Å². The fraction of sp³-hybridized carbons (Fsp3) is 0.190. The Bertz CT molecular complexity index is 1350. The van der Waals surface area contributed by atoms with Crippen molar-refractivity contribution in [3.63, 3.8) is 0 Å². The number of carbonyl (C=O) groups is 1. The quantitative estimate of drug-likeness (QED) is 0.468. The van der Waals surface area contributed by atoms with Gasteiger partial charge in [-0.2, -0.15) is 0 Å².